The lowest BCUT2D eigenvalue weighted by molar-refractivity contribution is 0.276. The van der Waals surface area contributed by atoms with E-state index in [0.29, 0.717) is 24.6 Å². The normalized spacial score (nSPS) is 11.2. The zero-order valence-corrected chi connectivity index (χ0v) is 11.1. The fourth-order valence-corrected chi connectivity index (χ4v) is 1.86. The number of tetrazole rings is 1. The summed E-state index contributed by atoms with van der Waals surface area (Å²) in [6.45, 7) is 4.80. The molecule has 0 saturated heterocycles. The number of nitrogens with zero attached hydrogens (tertiary/aromatic N) is 5. The Balaban J connectivity index is 2.36. The summed E-state index contributed by atoms with van der Waals surface area (Å²) >= 11 is 0. The number of hydrogen-bond donors (Lipinski definition) is 2. The molecule has 102 valence electrons. The molecule has 0 amide bonds. The van der Waals surface area contributed by atoms with Gasteiger partial charge in [0.05, 0.1) is 0 Å². The van der Waals surface area contributed by atoms with Crippen molar-refractivity contribution < 1.29 is 5.11 Å². The standard InChI is InChI=1S/C12H18N6O/c1-8(2)10-6-9(7-14-11(10)13)12-15-16-17-18(12)4-3-5-19/h6-8,19H,3-5H2,1-2H3,(H2,13,14). The summed E-state index contributed by atoms with van der Waals surface area (Å²) in [4.78, 5) is 4.20. The van der Waals surface area contributed by atoms with Crippen LogP contribution >= 0.6 is 0 Å². The van der Waals surface area contributed by atoms with Crippen LogP contribution in [0.15, 0.2) is 12.3 Å². The van der Waals surface area contributed by atoms with Crippen LogP contribution in [-0.4, -0.2) is 36.9 Å². The molecule has 2 aromatic heterocycles. The maximum atomic E-state index is 8.87. The maximum absolute atomic E-state index is 8.87. The molecule has 2 heterocycles. The smallest absolute Gasteiger partial charge is 0.183 e. The first-order valence-electron chi connectivity index (χ1n) is 6.26. The number of aromatic nitrogens is 5. The predicted octanol–water partition coefficient (Wildman–Crippen LogP) is 0.823. The molecule has 0 atom stereocenters. The molecule has 7 nitrogen and oxygen atoms in total. The molecule has 0 unspecified atom stereocenters. The molecule has 3 N–H and O–H groups in total. The first-order valence-corrected chi connectivity index (χ1v) is 6.26. The topological polar surface area (TPSA) is 103 Å². The summed E-state index contributed by atoms with van der Waals surface area (Å²) in [7, 11) is 0. The van der Waals surface area contributed by atoms with E-state index in [1.807, 2.05) is 6.07 Å². The average molecular weight is 262 g/mol. The number of hydrogen-bond acceptors (Lipinski definition) is 6. The molecule has 2 rings (SSSR count). The molecule has 0 spiro atoms. The molecule has 0 saturated carbocycles. The molecule has 19 heavy (non-hydrogen) atoms. The minimum atomic E-state index is 0.108. The second-order valence-electron chi connectivity index (χ2n) is 4.66. The van der Waals surface area contributed by atoms with E-state index in [-0.39, 0.29) is 12.5 Å². The highest BCUT2D eigenvalue weighted by atomic mass is 16.3. The van der Waals surface area contributed by atoms with Gasteiger partial charge in [-0.2, -0.15) is 0 Å². The van der Waals surface area contributed by atoms with Crippen molar-refractivity contribution in [2.45, 2.75) is 32.7 Å². The van der Waals surface area contributed by atoms with Gasteiger partial charge >= 0.3 is 0 Å². The van der Waals surface area contributed by atoms with Gasteiger partial charge in [0.25, 0.3) is 0 Å². The van der Waals surface area contributed by atoms with E-state index in [4.69, 9.17) is 10.8 Å². The van der Waals surface area contributed by atoms with Gasteiger partial charge in [-0.15, -0.1) is 5.10 Å². The zero-order chi connectivity index (χ0) is 13.8. The van der Waals surface area contributed by atoms with Crippen molar-refractivity contribution in [3.8, 4) is 11.4 Å². The molecule has 7 heteroatoms. The van der Waals surface area contributed by atoms with Crippen LogP contribution in [0.5, 0.6) is 0 Å². The number of aliphatic hydroxyl groups excluding tert-OH is 1. The Morgan fingerprint density at radius 1 is 1.42 bits per heavy atom. The number of pyridine rings is 1. The van der Waals surface area contributed by atoms with Crippen molar-refractivity contribution in [3.63, 3.8) is 0 Å². The van der Waals surface area contributed by atoms with Gasteiger partial charge in [0.2, 0.25) is 0 Å². The molecule has 0 aliphatic heterocycles. The number of rotatable bonds is 5. The third-order valence-corrected chi connectivity index (χ3v) is 2.89. The van der Waals surface area contributed by atoms with E-state index in [0.717, 1.165) is 11.1 Å². The third-order valence-electron chi connectivity index (χ3n) is 2.89. The molecular weight excluding hydrogens is 244 g/mol. The molecule has 0 fully saturated rings. The number of aryl methyl sites for hydroxylation is 1. The first kappa shape index (κ1) is 13.4. The minimum Gasteiger partial charge on any atom is -0.396 e. The molecule has 0 bridgehead atoms. The highest BCUT2D eigenvalue weighted by Crippen LogP contribution is 2.25. The third kappa shape index (κ3) is 2.87. The van der Waals surface area contributed by atoms with Gasteiger partial charge in [-0.25, -0.2) is 9.67 Å². The van der Waals surface area contributed by atoms with Crippen molar-refractivity contribution in [2.24, 2.45) is 0 Å². The van der Waals surface area contributed by atoms with E-state index in [2.05, 4.69) is 34.4 Å². The van der Waals surface area contributed by atoms with E-state index < -0.39 is 0 Å². The Morgan fingerprint density at radius 3 is 2.89 bits per heavy atom. The van der Waals surface area contributed by atoms with Crippen LogP contribution < -0.4 is 5.73 Å². The molecule has 0 aliphatic rings. The lowest BCUT2D eigenvalue weighted by atomic mass is 10.0. The van der Waals surface area contributed by atoms with Crippen molar-refractivity contribution in [1.29, 1.82) is 0 Å². The van der Waals surface area contributed by atoms with Crippen LogP contribution in [0.2, 0.25) is 0 Å². The van der Waals surface area contributed by atoms with Gasteiger partial charge in [0, 0.05) is 24.9 Å². The van der Waals surface area contributed by atoms with E-state index in [9.17, 15) is 0 Å². The van der Waals surface area contributed by atoms with E-state index in [1.165, 1.54) is 0 Å². The van der Waals surface area contributed by atoms with Crippen LogP contribution in [0, 0.1) is 0 Å². The van der Waals surface area contributed by atoms with Gasteiger partial charge in [-0.05, 0) is 34.4 Å². The molecule has 0 radical (unpaired) electrons. The van der Waals surface area contributed by atoms with Crippen LogP contribution in [0.25, 0.3) is 11.4 Å². The van der Waals surface area contributed by atoms with Crippen molar-refractivity contribution in [1.82, 2.24) is 25.2 Å². The van der Waals surface area contributed by atoms with Crippen molar-refractivity contribution in [2.75, 3.05) is 12.3 Å². The average Bonchev–Trinajstić information content (AvgIpc) is 2.85. The van der Waals surface area contributed by atoms with Crippen LogP contribution in [0.3, 0.4) is 0 Å². The number of nitrogen functional groups attached to an aromatic ring is 1. The monoisotopic (exact) mass is 262 g/mol. The van der Waals surface area contributed by atoms with Gasteiger partial charge in [0.1, 0.15) is 5.82 Å². The highest BCUT2D eigenvalue weighted by molar-refractivity contribution is 5.58. The van der Waals surface area contributed by atoms with Crippen LogP contribution in [-0.2, 0) is 6.54 Å². The number of nitrogens with two attached hydrogens (primary N) is 1. The van der Waals surface area contributed by atoms with Crippen molar-refractivity contribution in [3.05, 3.63) is 17.8 Å². The predicted molar refractivity (Wildman–Crippen MR) is 71.3 cm³/mol. The summed E-state index contributed by atoms with van der Waals surface area (Å²) in [5.41, 5.74) is 7.67. The Labute approximate surface area is 111 Å². The van der Waals surface area contributed by atoms with Gasteiger partial charge in [-0.3, -0.25) is 0 Å². The fourth-order valence-electron chi connectivity index (χ4n) is 1.86. The summed E-state index contributed by atoms with van der Waals surface area (Å²) in [6.07, 6.45) is 2.28. The van der Waals surface area contributed by atoms with Gasteiger partial charge in [-0.1, -0.05) is 13.8 Å². The molecule has 0 aliphatic carbocycles. The molecule has 0 aromatic carbocycles. The highest BCUT2D eigenvalue weighted by Gasteiger charge is 2.13. The summed E-state index contributed by atoms with van der Waals surface area (Å²) < 4.78 is 1.66. The second-order valence-corrected chi connectivity index (χ2v) is 4.66. The Hall–Kier alpha value is -2.02. The molecule has 2 aromatic rings. The lowest BCUT2D eigenvalue weighted by Crippen LogP contribution is -2.06. The Morgan fingerprint density at radius 2 is 2.21 bits per heavy atom. The van der Waals surface area contributed by atoms with Crippen molar-refractivity contribution >= 4 is 5.82 Å². The van der Waals surface area contributed by atoms with Gasteiger partial charge < -0.3 is 10.8 Å². The van der Waals surface area contributed by atoms with Crippen LogP contribution in [0.4, 0.5) is 5.82 Å². The quantitative estimate of drug-likeness (QED) is 0.827. The lowest BCUT2D eigenvalue weighted by Gasteiger charge is -2.10. The fraction of sp³-hybridized carbons (Fsp3) is 0.500. The SMILES string of the molecule is CC(C)c1cc(-c2nnnn2CCCO)cnc1N. The van der Waals surface area contributed by atoms with E-state index >= 15 is 0 Å². The first-order chi connectivity index (χ1) is 9.13. The number of aliphatic hydroxyl groups is 1. The van der Waals surface area contributed by atoms with Crippen LogP contribution in [0.1, 0.15) is 31.7 Å². The maximum Gasteiger partial charge on any atom is 0.183 e. The zero-order valence-electron chi connectivity index (χ0n) is 11.1. The largest absolute Gasteiger partial charge is 0.396 e. The van der Waals surface area contributed by atoms with E-state index in [1.54, 1.807) is 10.9 Å². The summed E-state index contributed by atoms with van der Waals surface area (Å²) in [6, 6.07) is 1.97. The Kier molecular flexibility index (Phi) is 4.06. The summed E-state index contributed by atoms with van der Waals surface area (Å²) in [5, 5.41) is 20.5. The minimum absolute atomic E-state index is 0.108. The second kappa shape index (κ2) is 5.75. The number of anilines is 1. The molecular formula is C12H18N6O. The summed E-state index contributed by atoms with van der Waals surface area (Å²) in [5.74, 6) is 1.46. The van der Waals surface area contributed by atoms with Gasteiger partial charge in [0.15, 0.2) is 5.82 Å². The Bertz CT molecular complexity index is 551.